The van der Waals surface area contributed by atoms with Crippen molar-refractivity contribution in [3.05, 3.63) is 59.7 Å². The first kappa shape index (κ1) is 23.8. The molecule has 1 saturated heterocycles. The Kier molecular flexibility index (Phi) is 7.84. The maximum Gasteiger partial charge on any atom is 0.262 e. The molecule has 0 unspecified atom stereocenters. The van der Waals surface area contributed by atoms with Crippen LogP contribution in [-0.2, 0) is 16.1 Å². The Balaban J connectivity index is 1.30. The van der Waals surface area contributed by atoms with Gasteiger partial charge in [-0.05, 0) is 43.5 Å². The lowest BCUT2D eigenvalue weighted by molar-refractivity contribution is -0.121. The topological polar surface area (TPSA) is 100 Å². The highest BCUT2D eigenvalue weighted by atomic mass is 32.2. The minimum absolute atomic E-state index is 0.0363. The molecule has 2 aliphatic heterocycles. The Labute approximate surface area is 203 Å². The molecule has 0 radical (unpaired) electrons. The number of likely N-dealkylation sites (tertiary alicyclic amines) is 1. The fraction of sp³-hybridized carbons (Fsp3) is 0.360. The van der Waals surface area contributed by atoms with Gasteiger partial charge in [-0.2, -0.15) is 4.99 Å². The molecule has 0 spiro atoms. The number of carbonyl (C=O) groups excluding carboxylic acids is 3. The van der Waals surface area contributed by atoms with Crippen LogP contribution < -0.4 is 15.4 Å². The van der Waals surface area contributed by atoms with E-state index in [4.69, 9.17) is 4.74 Å². The van der Waals surface area contributed by atoms with E-state index in [9.17, 15) is 14.4 Å². The van der Waals surface area contributed by atoms with Crippen LogP contribution in [0, 0.1) is 0 Å². The Hall–Kier alpha value is -3.33. The number of amides is 3. The van der Waals surface area contributed by atoms with Crippen molar-refractivity contribution in [1.82, 2.24) is 10.2 Å². The van der Waals surface area contributed by atoms with E-state index >= 15 is 0 Å². The molecule has 8 nitrogen and oxygen atoms in total. The van der Waals surface area contributed by atoms with Crippen molar-refractivity contribution >= 4 is 40.3 Å². The minimum Gasteiger partial charge on any atom is -0.496 e. The number of amidine groups is 1. The zero-order valence-corrected chi connectivity index (χ0v) is 19.9. The second-order valence-corrected chi connectivity index (χ2v) is 9.38. The summed E-state index contributed by atoms with van der Waals surface area (Å²) in [6.45, 7) is 2.13. The number of piperidine rings is 1. The van der Waals surface area contributed by atoms with Gasteiger partial charge in [0.05, 0.1) is 7.11 Å². The number of anilines is 1. The van der Waals surface area contributed by atoms with E-state index in [2.05, 4.69) is 20.5 Å². The summed E-state index contributed by atoms with van der Waals surface area (Å²) in [5, 5.41) is 5.90. The number of thioether (sulfide) groups is 1. The molecule has 9 heteroatoms. The molecule has 0 aromatic heterocycles. The summed E-state index contributed by atoms with van der Waals surface area (Å²) >= 11 is 1.37. The average Bonchev–Trinajstić information content (AvgIpc) is 3.23. The Morgan fingerprint density at radius 1 is 1.12 bits per heavy atom. The molecular formula is C25H28N4O4S. The minimum atomic E-state index is -0.510. The number of benzene rings is 2. The fourth-order valence-electron chi connectivity index (χ4n) is 3.97. The van der Waals surface area contributed by atoms with E-state index in [-0.39, 0.29) is 24.1 Å². The molecule has 2 N–H and O–H groups in total. The maximum absolute atomic E-state index is 12.6. The molecule has 2 aromatic carbocycles. The van der Waals surface area contributed by atoms with Gasteiger partial charge in [0, 0.05) is 42.9 Å². The third-order valence-corrected chi connectivity index (χ3v) is 6.98. The van der Waals surface area contributed by atoms with Gasteiger partial charge >= 0.3 is 0 Å². The van der Waals surface area contributed by atoms with Crippen LogP contribution in [-0.4, -0.2) is 53.2 Å². The molecule has 0 bridgehead atoms. The largest absolute Gasteiger partial charge is 0.496 e. The van der Waals surface area contributed by atoms with Crippen molar-refractivity contribution in [2.24, 2.45) is 4.99 Å². The number of ether oxygens (including phenoxy) is 1. The third-order valence-electron chi connectivity index (χ3n) is 5.77. The standard InChI is InChI=1S/C25H28N4O4S/c1-33-20-11-4-3-8-18(20)16-26-23(31)17-9-7-10-19(14-17)27-22(30)15-21-24(32)28-25(34-21)29-12-5-2-6-13-29/h3-4,7-11,14,21H,2,5-6,12-13,15-16H2,1H3,(H,26,31)(H,27,30)/t21-/m1/s1. The van der Waals surface area contributed by atoms with Gasteiger partial charge in [0.2, 0.25) is 5.91 Å². The van der Waals surface area contributed by atoms with Crippen molar-refractivity contribution in [3.8, 4) is 5.75 Å². The Morgan fingerprint density at radius 2 is 1.91 bits per heavy atom. The summed E-state index contributed by atoms with van der Waals surface area (Å²) in [6.07, 6.45) is 3.43. The lowest BCUT2D eigenvalue weighted by atomic mass is 10.1. The smallest absolute Gasteiger partial charge is 0.262 e. The molecule has 2 aliphatic rings. The first-order chi connectivity index (χ1) is 16.5. The number of hydrogen-bond donors (Lipinski definition) is 2. The number of hydrogen-bond acceptors (Lipinski definition) is 6. The van der Waals surface area contributed by atoms with Gasteiger partial charge in [-0.15, -0.1) is 0 Å². The summed E-state index contributed by atoms with van der Waals surface area (Å²) in [5.41, 5.74) is 1.80. The number of rotatable bonds is 7. The Morgan fingerprint density at radius 3 is 2.71 bits per heavy atom. The number of methoxy groups -OCH3 is 1. The number of aliphatic imine (C=N–C) groups is 1. The molecule has 1 atom stereocenters. The zero-order valence-electron chi connectivity index (χ0n) is 19.1. The van der Waals surface area contributed by atoms with E-state index < -0.39 is 5.25 Å². The van der Waals surface area contributed by atoms with E-state index in [1.807, 2.05) is 24.3 Å². The highest BCUT2D eigenvalue weighted by molar-refractivity contribution is 8.15. The molecular weight excluding hydrogens is 452 g/mol. The van der Waals surface area contributed by atoms with Gasteiger partial charge in [-0.1, -0.05) is 36.0 Å². The number of nitrogens with one attached hydrogen (secondary N) is 2. The van der Waals surface area contributed by atoms with E-state index in [1.165, 1.54) is 18.2 Å². The fourth-order valence-corrected chi connectivity index (χ4v) is 5.09. The van der Waals surface area contributed by atoms with Crippen LogP contribution in [0.5, 0.6) is 5.75 Å². The lowest BCUT2D eigenvalue weighted by Crippen LogP contribution is -2.33. The van der Waals surface area contributed by atoms with Gasteiger partial charge in [0.25, 0.3) is 11.8 Å². The predicted octanol–water partition coefficient (Wildman–Crippen LogP) is 3.44. The van der Waals surface area contributed by atoms with Gasteiger partial charge in [0.15, 0.2) is 5.17 Å². The zero-order chi connectivity index (χ0) is 23.9. The van der Waals surface area contributed by atoms with Crippen LogP contribution in [0.4, 0.5) is 5.69 Å². The molecule has 3 amide bonds. The summed E-state index contributed by atoms with van der Waals surface area (Å²) in [5.74, 6) is -0.101. The molecule has 34 heavy (non-hydrogen) atoms. The van der Waals surface area contributed by atoms with E-state index in [1.54, 1.807) is 31.4 Å². The SMILES string of the molecule is COc1ccccc1CNC(=O)c1cccc(NC(=O)C[C@H]2SC(N3CCCCC3)=NC2=O)c1. The molecule has 0 saturated carbocycles. The van der Waals surface area contributed by atoms with Crippen LogP contribution in [0.25, 0.3) is 0 Å². The molecule has 4 rings (SSSR count). The van der Waals surface area contributed by atoms with Crippen LogP contribution in [0.2, 0.25) is 0 Å². The second-order valence-electron chi connectivity index (χ2n) is 8.21. The van der Waals surface area contributed by atoms with Crippen molar-refractivity contribution in [2.45, 2.75) is 37.5 Å². The van der Waals surface area contributed by atoms with Crippen LogP contribution in [0.15, 0.2) is 53.5 Å². The average molecular weight is 481 g/mol. The number of carbonyl (C=O) groups is 3. The second kappa shape index (κ2) is 11.2. The van der Waals surface area contributed by atoms with Crippen molar-refractivity contribution < 1.29 is 19.1 Å². The van der Waals surface area contributed by atoms with Gasteiger partial charge in [-0.25, -0.2) is 0 Å². The molecule has 2 heterocycles. The first-order valence-corrected chi connectivity index (χ1v) is 12.3. The van der Waals surface area contributed by atoms with Crippen LogP contribution in [0.3, 0.4) is 0 Å². The van der Waals surface area contributed by atoms with Crippen molar-refractivity contribution in [3.63, 3.8) is 0 Å². The maximum atomic E-state index is 12.6. The normalized spacial score (nSPS) is 17.8. The van der Waals surface area contributed by atoms with Crippen molar-refractivity contribution in [1.29, 1.82) is 0 Å². The number of nitrogens with zero attached hydrogens (tertiary/aromatic N) is 2. The summed E-state index contributed by atoms with van der Waals surface area (Å²) in [6, 6.07) is 14.2. The molecule has 2 aromatic rings. The van der Waals surface area contributed by atoms with E-state index in [0.29, 0.717) is 23.5 Å². The monoisotopic (exact) mass is 480 g/mol. The summed E-state index contributed by atoms with van der Waals surface area (Å²) in [4.78, 5) is 43.9. The van der Waals surface area contributed by atoms with Gasteiger partial charge < -0.3 is 20.3 Å². The van der Waals surface area contributed by atoms with Crippen molar-refractivity contribution in [2.75, 3.05) is 25.5 Å². The van der Waals surface area contributed by atoms with Gasteiger partial charge in [0.1, 0.15) is 11.0 Å². The highest BCUT2D eigenvalue weighted by Crippen LogP contribution is 2.29. The van der Waals surface area contributed by atoms with Gasteiger partial charge in [-0.3, -0.25) is 14.4 Å². The summed E-state index contributed by atoms with van der Waals surface area (Å²) < 4.78 is 5.31. The van der Waals surface area contributed by atoms with Crippen LogP contribution >= 0.6 is 11.8 Å². The quantitative estimate of drug-likeness (QED) is 0.630. The van der Waals surface area contributed by atoms with E-state index in [0.717, 1.165) is 36.7 Å². The molecule has 1 fully saturated rings. The lowest BCUT2D eigenvalue weighted by Gasteiger charge is -2.27. The molecule has 0 aliphatic carbocycles. The Bertz CT molecular complexity index is 1100. The predicted molar refractivity (Wildman–Crippen MR) is 133 cm³/mol. The first-order valence-electron chi connectivity index (χ1n) is 11.4. The summed E-state index contributed by atoms with van der Waals surface area (Å²) in [7, 11) is 1.59. The highest BCUT2D eigenvalue weighted by Gasteiger charge is 2.33. The number of para-hydroxylation sites is 1. The third kappa shape index (κ3) is 5.96. The molecule has 178 valence electrons. The van der Waals surface area contributed by atoms with Crippen LogP contribution in [0.1, 0.15) is 41.6 Å².